The first-order valence-electron chi connectivity index (χ1n) is 7.33. The summed E-state index contributed by atoms with van der Waals surface area (Å²) in [5, 5.41) is 6.43. The van der Waals surface area contributed by atoms with Crippen LogP contribution in [-0.2, 0) is 13.1 Å². The first-order valence-corrected chi connectivity index (χ1v) is 7.33. The van der Waals surface area contributed by atoms with Gasteiger partial charge in [0.25, 0.3) is 0 Å². The second-order valence-corrected chi connectivity index (χ2v) is 5.35. The van der Waals surface area contributed by atoms with Crippen molar-refractivity contribution in [3.63, 3.8) is 0 Å². The average Bonchev–Trinajstić information content (AvgIpc) is 2.52. The van der Waals surface area contributed by atoms with Crippen molar-refractivity contribution in [2.45, 2.75) is 26.9 Å². The van der Waals surface area contributed by atoms with Gasteiger partial charge in [-0.25, -0.2) is 4.39 Å². The molecule has 0 bridgehead atoms. The van der Waals surface area contributed by atoms with Gasteiger partial charge in [0.05, 0.1) is 0 Å². The molecule has 0 radical (unpaired) electrons. The van der Waals surface area contributed by atoms with Crippen molar-refractivity contribution in [1.29, 1.82) is 0 Å². The number of aliphatic imine (C=N–C) groups is 1. The molecule has 0 saturated heterocycles. The summed E-state index contributed by atoms with van der Waals surface area (Å²) in [7, 11) is 1.72. The van der Waals surface area contributed by atoms with Gasteiger partial charge in [-0.15, -0.1) is 0 Å². The normalized spacial score (nSPS) is 11.4. The number of hydrogen-bond donors (Lipinski definition) is 2. The average molecular weight is 299 g/mol. The Morgan fingerprint density at radius 2 is 1.55 bits per heavy atom. The number of aryl methyl sites for hydroxylation is 2. The highest BCUT2D eigenvalue weighted by atomic mass is 19.1. The second kappa shape index (κ2) is 7.59. The van der Waals surface area contributed by atoms with E-state index in [1.165, 1.54) is 11.1 Å². The number of halogens is 1. The Morgan fingerprint density at radius 1 is 0.955 bits per heavy atom. The van der Waals surface area contributed by atoms with Crippen LogP contribution in [-0.4, -0.2) is 13.0 Å². The number of nitrogens with zero attached hydrogens (tertiary/aromatic N) is 1. The van der Waals surface area contributed by atoms with E-state index in [4.69, 9.17) is 0 Å². The third-order valence-electron chi connectivity index (χ3n) is 3.50. The molecule has 3 nitrogen and oxygen atoms in total. The summed E-state index contributed by atoms with van der Waals surface area (Å²) >= 11 is 0. The van der Waals surface area contributed by atoms with Crippen molar-refractivity contribution < 1.29 is 4.39 Å². The summed E-state index contributed by atoms with van der Waals surface area (Å²) < 4.78 is 13.5. The van der Waals surface area contributed by atoms with E-state index in [0.717, 1.165) is 5.56 Å². The van der Waals surface area contributed by atoms with Gasteiger partial charge in [0, 0.05) is 20.1 Å². The fraction of sp³-hybridized carbons (Fsp3) is 0.278. The minimum absolute atomic E-state index is 0.179. The highest BCUT2D eigenvalue weighted by molar-refractivity contribution is 5.79. The van der Waals surface area contributed by atoms with Gasteiger partial charge in [0.15, 0.2) is 5.96 Å². The van der Waals surface area contributed by atoms with Crippen molar-refractivity contribution in [3.05, 3.63) is 70.5 Å². The smallest absolute Gasteiger partial charge is 0.191 e. The summed E-state index contributed by atoms with van der Waals surface area (Å²) in [4.78, 5) is 4.18. The Bertz CT molecular complexity index is 648. The van der Waals surface area contributed by atoms with Gasteiger partial charge in [-0.3, -0.25) is 4.99 Å². The van der Waals surface area contributed by atoms with Gasteiger partial charge in [-0.2, -0.15) is 0 Å². The quantitative estimate of drug-likeness (QED) is 0.671. The van der Waals surface area contributed by atoms with E-state index in [9.17, 15) is 4.39 Å². The van der Waals surface area contributed by atoms with Crippen LogP contribution in [0.15, 0.2) is 47.5 Å². The third kappa shape index (κ3) is 4.58. The van der Waals surface area contributed by atoms with E-state index in [1.807, 2.05) is 6.07 Å². The molecule has 0 aliphatic rings. The minimum Gasteiger partial charge on any atom is -0.352 e. The first-order chi connectivity index (χ1) is 10.6. The molecule has 0 heterocycles. The van der Waals surface area contributed by atoms with Gasteiger partial charge in [0.1, 0.15) is 5.82 Å². The summed E-state index contributed by atoms with van der Waals surface area (Å²) in [6, 6.07) is 13.6. The van der Waals surface area contributed by atoms with Crippen LogP contribution in [0.2, 0.25) is 0 Å². The van der Waals surface area contributed by atoms with Crippen LogP contribution in [0.25, 0.3) is 0 Å². The SMILES string of the molecule is CN=C(NCc1ccc(C)cc1)NCc1ccc(C)c(F)c1. The largest absolute Gasteiger partial charge is 0.352 e. The molecule has 0 saturated carbocycles. The maximum absolute atomic E-state index is 13.5. The molecule has 0 aliphatic heterocycles. The molecule has 0 atom stereocenters. The van der Waals surface area contributed by atoms with Gasteiger partial charge in [0.2, 0.25) is 0 Å². The van der Waals surface area contributed by atoms with E-state index in [0.29, 0.717) is 24.6 Å². The minimum atomic E-state index is -0.179. The van der Waals surface area contributed by atoms with E-state index in [-0.39, 0.29) is 5.82 Å². The van der Waals surface area contributed by atoms with Crippen LogP contribution in [0.4, 0.5) is 4.39 Å². The zero-order valence-corrected chi connectivity index (χ0v) is 13.3. The third-order valence-corrected chi connectivity index (χ3v) is 3.50. The first kappa shape index (κ1) is 16.0. The Balaban J connectivity index is 1.87. The Kier molecular flexibility index (Phi) is 5.53. The van der Waals surface area contributed by atoms with E-state index in [2.05, 4.69) is 46.8 Å². The predicted octanol–water partition coefficient (Wildman–Crippen LogP) is 3.31. The summed E-state index contributed by atoms with van der Waals surface area (Å²) in [5.74, 6) is 0.517. The summed E-state index contributed by atoms with van der Waals surface area (Å²) in [6.07, 6.45) is 0. The van der Waals surface area contributed by atoms with Crippen molar-refractivity contribution in [2.24, 2.45) is 4.99 Å². The molecule has 2 aromatic carbocycles. The van der Waals surface area contributed by atoms with Crippen LogP contribution in [0, 0.1) is 19.7 Å². The second-order valence-electron chi connectivity index (χ2n) is 5.35. The van der Waals surface area contributed by atoms with Gasteiger partial charge < -0.3 is 10.6 Å². The Labute approximate surface area is 131 Å². The highest BCUT2D eigenvalue weighted by Gasteiger charge is 2.02. The molecule has 0 fully saturated rings. The maximum atomic E-state index is 13.5. The van der Waals surface area contributed by atoms with Crippen molar-refractivity contribution in [3.8, 4) is 0 Å². The number of nitrogens with one attached hydrogen (secondary N) is 2. The lowest BCUT2D eigenvalue weighted by Crippen LogP contribution is -2.36. The van der Waals surface area contributed by atoms with Crippen LogP contribution < -0.4 is 10.6 Å². The standard InChI is InChI=1S/C18H22FN3/c1-13-4-7-15(8-5-13)11-21-18(20-3)22-12-16-9-6-14(2)17(19)10-16/h4-10H,11-12H2,1-3H3,(H2,20,21,22). The molecule has 0 unspecified atom stereocenters. The molecular weight excluding hydrogens is 277 g/mol. The molecule has 2 rings (SSSR count). The lowest BCUT2D eigenvalue weighted by molar-refractivity contribution is 0.615. The zero-order valence-electron chi connectivity index (χ0n) is 13.3. The van der Waals surface area contributed by atoms with Crippen molar-refractivity contribution in [1.82, 2.24) is 10.6 Å². The Morgan fingerprint density at radius 3 is 2.14 bits per heavy atom. The lowest BCUT2D eigenvalue weighted by Gasteiger charge is -2.12. The van der Waals surface area contributed by atoms with Crippen molar-refractivity contribution >= 4 is 5.96 Å². The van der Waals surface area contributed by atoms with E-state index >= 15 is 0 Å². The molecule has 0 spiro atoms. The topological polar surface area (TPSA) is 36.4 Å². The maximum Gasteiger partial charge on any atom is 0.191 e. The molecule has 2 aromatic rings. The zero-order chi connectivity index (χ0) is 15.9. The molecular formula is C18H22FN3. The monoisotopic (exact) mass is 299 g/mol. The van der Waals surface area contributed by atoms with E-state index < -0.39 is 0 Å². The fourth-order valence-electron chi connectivity index (χ4n) is 2.04. The number of hydrogen-bond acceptors (Lipinski definition) is 1. The molecule has 2 N–H and O–H groups in total. The van der Waals surface area contributed by atoms with Crippen molar-refractivity contribution in [2.75, 3.05) is 7.05 Å². The van der Waals surface area contributed by atoms with Crippen LogP contribution >= 0.6 is 0 Å². The fourth-order valence-corrected chi connectivity index (χ4v) is 2.04. The van der Waals surface area contributed by atoms with Crippen LogP contribution in [0.1, 0.15) is 22.3 Å². The predicted molar refractivity (Wildman–Crippen MR) is 89.4 cm³/mol. The van der Waals surface area contributed by atoms with Crippen LogP contribution in [0.3, 0.4) is 0 Å². The van der Waals surface area contributed by atoms with Gasteiger partial charge >= 0.3 is 0 Å². The summed E-state index contributed by atoms with van der Waals surface area (Å²) in [6.45, 7) is 5.06. The summed E-state index contributed by atoms with van der Waals surface area (Å²) in [5.41, 5.74) is 3.98. The molecule has 4 heteroatoms. The van der Waals surface area contributed by atoms with Gasteiger partial charge in [-0.1, -0.05) is 42.0 Å². The lowest BCUT2D eigenvalue weighted by atomic mass is 10.1. The molecule has 116 valence electrons. The number of guanidine groups is 1. The number of rotatable bonds is 4. The van der Waals surface area contributed by atoms with E-state index in [1.54, 1.807) is 26.1 Å². The van der Waals surface area contributed by atoms with Gasteiger partial charge in [-0.05, 0) is 36.6 Å². The molecule has 0 aromatic heterocycles. The Hall–Kier alpha value is -2.36. The molecule has 0 aliphatic carbocycles. The number of benzene rings is 2. The van der Waals surface area contributed by atoms with Crippen LogP contribution in [0.5, 0.6) is 0 Å². The highest BCUT2D eigenvalue weighted by Crippen LogP contribution is 2.08. The molecule has 0 amide bonds. The molecule has 22 heavy (non-hydrogen) atoms.